The minimum atomic E-state index is -0.668. The third-order valence-electron chi connectivity index (χ3n) is 21.9. The van der Waals surface area contributed by atoms with E-state index in [2.05, 4.69) is 149 Å². The van der Waals surface area contributed by atoms with E-state index in [0.29, 0.717) is 58.4 Å². The lowest BCUT2D eigenvalue weighted by Gasteiger charge is -2.42. The molecule has 3 saturated heterocycles. The molecule has 3 aliphatic rings. The summed E-state index contributed by atoms with van der Waals surface area (Å²) in [6.07, 6.45) is 2.07. The number of amides is 3. The van der Waals surface area contributed by atoms with Crippen LogP contribution < -0.4 is 62.6 Å². The second kappa shape index (κ2) is 48.0. The number of thioether (sulfide) groups is 3. The lowest BCUT2D eigenvalue weighted by Crippen LogP contribution is -2.60. The van der Waals surface area contributed by atoms with Crippen LogP contribution in [-0.4, -0.2) is 188 Å². The van der Waals surface area contributed by atoms with E-state index in [1.54, 1.807) is 31.1 Å². The van der Waals surface area contributed by atoms with Gasteiger partial charge in [0.05, 0.1) is 59.3 Å². The van der Waals surface area contributed by atoms with Gasteiger partial charge < -0.3 is 77.0 Å². The summed E-state index contributed by atoms with van der Waals surface area (Å²) in [5.41, 5.74) is 5.44. The maximum Gasteiger partial charge on any atom is 0.410 e. The number of carbonyl (C=O) groups excluding carboxylic acids is 3. The summed E-state index contributed by atoms with van der Waals surface area (Å²) in [7, 11) is 5.14. The Bertz CT molecular complexity index is 5530. The summed E-state index contributed by atoms with van der Waals surface area (Å²) in [6, 6.07) is 91.6. The number of nitrogens with zero attached hydrogens (tertiary/aromatic N) is 5. The molecule has 0 saturated carbocycles. The van der Waals surface area contributed by atoms with Crippen LogP contribution in [0.3, 0.4) is 0 Å². The molecule has 678 valence electrons. The molecule has 3 fully saturated rings. The topological polar surface area (TPSA) is 181 Å². The molecule has 3 aliphatic heterocycles. The number of fused-ring (bicyclic) bond motifs is 3. The number of ether oxygens (including phenoxy) is 11. The van der Waals surface area contributed by atoms with Crippen molar-refractivity contribution < 1.29 is 66.5 Å². The highest BCUT2D eigenvalue weighted by molar-refractivity contribution is 7.98. The Morgan fingerprint density at radius 3 is 1.11 bits per heavy atom. The second-order valence-corrected chi connectivity index (χ2v) is 37.1. The molecule has 20 nitrogen and oxygen atoms in total. The summed E-state index contributed by atoms with van der Waals surface area (Å²) in [5, 5.41) is 10.4. The number of nitrogens with one attached hydrogen (secondary N) is 1. The molecule has 129 heavy (non-hydrogen) atoms. The van der Waals surface area contributed by atoms with Crippen LogP contribution in [0.2, 0.25) is 0 Å². The van der Waals surface area contributed by atoms with Gasteiger partial charge in [-0.25, -0.2) is 9.59 Å². The minimum Gasteiger partial charge on any atom is -0.496 e. The van der Waals surface area contributed by atoms with Crippen molar-refractivity contribution in [3.63, 3.8) is 0 Å². The van der Waals surface area contributed by atoms with Gasteiger partial charge in [0.15, 0.2) is 0 Å². The SMILES string of the molecule is COc1ccccc1CSCCCOc1ccc(N2C(=O)CN(C(=O)OC(C)(C)C)C[C@@H]2COc2ccc3ccccc3c2)cc1.COc1ccccc1CSCCCOc1ccc(N2CCN(C(=O)OC(C)(C)C)C[C@@H]2COc2ccc3ccccc3c2)cc1.COc1ccccc1CSCCCOc1ccc(N2CCNC[C@@H]2COc2ccc3ccccc3c2)cc1. The molecule has 12 aromatic carbocycles. The number of benzene rings is 12. The van der Waals surface area contributed by atoms with Gasteiger partial charge in [-0.3, -0.25) is 9.69 Å². The quantitative estimate of drug-likeness (QED) is 0.0366. The Balaban J connectivity index is 0.000000166. The largest absolute Gasteiger partial charge is 0.496 e. The molecule has 0 spiro atoms. The predicted octanol–water partition coefficient (Wildman–Crippen LogP) is 22.0. The van der Waals surface area contributed by atoms with E-state index in [-0.39, 0.29) is 43.8 Å². The zero-order valence-electron chi connectivity index (χ0n) is 75.7. The Labute approximate surface area is 773 Å². The van der Waals surface area contributed by atoms with E-state index in [4.69, 9.17) is 52.1 Å². The zero-order valence-corrected chi connectivity index (χ0v) is 78.1. The van der Waals surface area contributed by atoms with E-state index in [0.717, 1.165) is 147 Å². The lowest BCUT2D eigenvalue weighted by molar-refractivity contribution is -0.122. The van der Waals surface area contributed by atoms with Crippen LogP contribution in [0, 0.1) is 0 Å². The van der Waals surface area contributed by atoms with Crippen LogP contribution in [-0.2, 0) is 31.5 Å². The average Bonchev–Trinajstić information content (AvgIpc) is 0.789. The first-order valence-electron chi connectivity index (χ1n) is 44.4. The zero-order chi connectivity index (χ0) is 90.2. The molecule has 12 aromatic rings. The summed E-state index contributed by atoms with van der Waals surface area (Å²) in [6.45, 7) is 19.1. The lowest BCUT2D eigenvalue weighted by atomic mass is 10.1. The van der Waals surface area contributed by atoms with Gasteiger partial charge in [0.2, 0.25) is 5.91 Å². The van der Waals surface area contributed by atoms with Crippen LogP contribution in [0.1, 0.15) is 77.5 Å². The normalized spacial score (nSPS) is 15.2. The van der Waals surface area contributed by atoms with E-state index >= 15 is 0 Å². The first-order chi connectivity index (χ1) is 62.8. The van der Waals surface area contributed by atoms with E-state index in [1.807, 2.05) is 216 Å². The first-order valence-corrected chi connectivity index (χ1v) is 47.9. The highest BCUT2D eigenvalue weighted by atomic mass is 32.2. The van der Waals surface area contributed by atoms with Gasteiger partial charge >= 0.3 is 12.2 Å². The molecule has 0 radical (unpaired) electrons. The Kier molecular flexibility index (Phi) is 35.3. The number of hydrogen-bond donors (Lipinski definition) is 1. The molecular weight excluding hydrogens is 1680 g/mol. The van der Waals surface area contributed by atoms with Crippen molar-refractivity contribution >= 4 is 103 Å². The fourth-order valence-corrected chi connectivity index (χ4v) is 18.2. The highest BCUT2D eigenvalue weighted by Crippen LogP contribution is 2.34. The Morgan fingerprint density at radius 2 is 0.705 bits per heavy atom. The third-order valence-corrected chi connectivity index (χ3v) is 25.2. The van der Waals surface area contributed by atoms with Gasteiger partial charge in [-0.2, -0.15) is 35.3 Å². The number of hydrogen-bond acceptors (Lipinski definition) is 20. The standard InChI is InChI=1S/C37H42N2O6S.C37H44N2O5S.C32H36N2O3S/c1-37(2,3)45-36(41)38-23-31(25-44-33-17-14-27-10-5-6-11-28(27)22-33)39(35(40)24-38)30-15-18-32(19-16-30)43-20-9-21-46-26-29-12-7-8-13-34(29)42-4;1-37(2,3)44-36(40)38-20-21-39(32(25-38)26-43-34-17-14-28-10-5-6-11-29(28)24-34)31-15-18-33(19-16-31)42-22-9-23-45-27-30-12-7-8-13-35(30)41-4;1-35-32-10-5-4-9-27(32)24-38-20-6-19-36-30-15-12-28(13-16-30)34-18-17-33-22-29(34)23-37-31-14-11-25-7-2-3-8-26(25)21-31/h5-8,10-19,22,31H,9,20-21,23-26H2,1-4H3;5-8,10-19,24,32H,9,20-23,25-27H2,1-4H3;2-5,7-16,21,29,33H,6,17-20,22-24H2,1H3/t31-;32-;29-/m111/s1. The molecule has 23 heteroatoms. The number of para-hydroxylation sites is 3. The number of rotatable bonds is 36. The van der Waals surface area contributed by atoms with Gasteiger partial charge in [0.1, 0.15) is 89.3 Å². The molecule has 1 N–H and O–H groups in total. The number of methoxy groups -OCH3 is 3. The Hall–Kier alpha value is -11.8. The maximum atomic E-state index is 13.6. The fraction of sp³-hybridized carbons (Fsp3) is 0.349. The van der Waals surface area contributed by atoms with Crippen LogP contribution in [0.15, 0.2) is 273 Å². The predicted molar refractivity (Wildman–Crippen MR) is 527 cm³/mol. The van der Waals surface area contributed by atoms with Crippen LogP contribution in [0.5, 0.6) is 51.7 Å². The molecule has 3 heterocycles. The van der Waals surface area contributed by atoms with Crippen molar-refractivity contribution in [1.82, 2.24) is 15.1 Å². The van der Waals surface area contributed by atoms with E-state index < -0.39 is 23.3 Å². The van der Waals surface area contributed by atoms with Gasteiger partial charge in [0, 0.05) is 96.8 Å². The van der Waals surface area contributed by atoms with Crippen molar-refractivity contribution in [3.05, 3.63) is 290 Å². The van der Waals surface area contributed by atoms with Crippen molar-refractivity contribution in [2.24, 2.45) is 0 Å². The average molecular weight is 1800 g/mol. The molecular formula is C106H122N6O14S3. The molecule has 3 amide bonds. The molecule has 3 atom stereocenters. The highest BCUT2D eigenvalue weighted by Gasteiger charge is 2.39. The Morgan fingerprint density at radius 1 is 0.364 bits per heavy atom. The molecule has 15 rings (SSSR count). The van der Waals surface area contributed by atoms with Gasteiger partial charge in [-0.15, -0.1) is 0 Å². The number of piperazine rings is 3. The van der Waals surface area contributed by atoms with E-state index in [1.165, 1.54) is 43.4 Å². The summed E-state index contributed by atoms with van der Waals surface area (Å²) >= 11 is 5.64. The van der Waals surface area contributed by atoms with Crippen molar-refractivity contribution in [2.75, 3.05) is 145 Å². The number of anilines is 3. The first kappa shape index (κ1) is 94.8. The molecule has 0 unspecified atom stereocenters. The second-order valence-electron chi connectivity index (χ2n) is 33.7. The van der Waals surface area contributed by atoms with Crippen molar-refractivity contribution in [1.29, 1.82) is 0 Å². The maximum absolute atomic E-state index is 13.6. The van der Waals surface area contributed by atoms with Crippen molar-refractivity contribution in [3.8, 4) is 51.7 Å². The van der Waals surface area contributed by atoms with Crippen LogP contribution >= 0.6 is 35.3 Å². The summed E-state index contributed by atoms with van der Waals surface area (Å²) in [4.78, 5) is 49.2. The van der Waals surface area contributed by atoms with Gasteiger partial charge in [-0.1, -0.05) is 146 Å². The number of carbonyl (C=O) groups is 3. The van der Waals surface area contributed by atoms with E-state index in [9.17, 15) is 14.4 Å². The molecule has 0 bridgehead atoms. The molecule has 0 aliphatic carbocycles. The van der Waals surface area contributed by atoms with Crippen LogP contribution in [0.4, 0.5) is 26.7 Å². The van der Waals surface area contributed by atoms with Crippen molar-refractivity contribution in [2.45, 2.75) is 107 Å². The van der Waals surface area contributed by atoms with Crippen LogP contribution in [0.25, 0.3) is 32.3 Å². The smallest absolute Gasteiger partial charge is 0.410 e. The summed E-state index contributed by atoms with van der Waals surface area (Å²) in [5.74, 6) is 13.3. The minimum absolute atomic E-state index is 0.0511. The monoisotopic (exact) mass is 1800 g/mol. The van der Waals surface area contributed by atoms with Gasteiger partial charge in [-0.05, 0) is 238 Å². The summed E-state index contributed by atoms with van der Waals surface area (Å²) < 4.78 is 64.5. The molecule has 0 aromatic heterocycles. The fourth-order valence-electron chi connectivity index (χ4n) is 15.5. The van der Waals surface area contributed by atoms with Gasteiger partial charge in [0.25, 0.3) is 0 Å². The third kappa shape index (κ3) is 28.9.